The maximum Gasteiger partial charge on any atom is 0.230 e. The monoisotopic (exact) mass is 453 g/mol. The van der Waals surface area contributed by atoms with Crippen molar-refractivity contribution in [1.29, 1.82) is 0 Å². The highest BCUT2D eigenvalue weighted by molar-refractivity contribution is 8.00. The molecule has 7 nitrogen and oxygen atoms in total. The van der Waals surface area contributed by atoms with E-state index in [1.807, 2.05) is 0 Å². The number of thioether (sulfide) groups is 1. The molecule has 1 aliphatic heterocycles. The summed E-state index contributed by atoms with van der Waals surface area (Å²) in [5.74, 6) is -0.433. The number of nitrogens with zero attached hydrogens (tertiary/aromatic N) is 4. The van der Waals surface area contributed by atoms with Gasteiger partial charge in [-0.25, -0.2) is 14.4 Å². The molecule has 0 bridgehead atoms. The average Bonchev–Trinajstić information content (AvgIpc) is 3.19. The third kappa shape index (κ3) is 4.95. The summed E-state index contributed by atoms with van der Waals surface area (Å²) in [6.07, 6.45) is 1.46. The lowest BCUT2D eigenvalue weighted by atomic mass is 10.2. The van der Waals surface area contributed by atoms with Crippen LogP contribution in [0.4, 0.5) is 9.52 Å². The molecule has 2 aromatic heterocycles. The van der Waals surface area contributed by atoms with Crippen molar-refractivity contribution in [1.82, 2.24) is 20.3 Å². The average molecular weight is 454 g/mol. The molecule has 1 fully saturated rings. The van der Waals surface area contributed by atoms with Crippen LogP contribution < -0.4 is 10.2 Å². The minimum absolute atomic E-state index is 0.0377. The van der Waals surface area contributed by atoms with E-state index in [1.54, 1.807) is 6.07 Å². The molecular formula is C18H17ClFN5O2S2. The van der Waals surface area contributed by atoms with Crippen molar-refractivity contribution in [2.24, 2.45) is 0 Å². The number of thiazole rings is 1. The zero-order chi connectivity index (χ0) is 20.2. The quantitative estimate of drug-likeness (QED) is 0.453. The Morgan fingerprint density at radius 2 is 2.17 bits per heavy atom. The number of hydrogen-bond donors (Lipinski definition) is 1. The largest absolute Gasteiger partial charge is 0.378 e. The van der Waals surface area contributed by atoms with Gasteiger partial charge in [-0.1, -0.05) is 40.8 Å². The standard InChI is InChI=1S/C18H17ClFN5O2S2/c19-12-7-11(1-2-13(12)20)8-21-14(26)9-28-17-15-16(22-10-23-17)24-18(29-15)25-3-5-27-6-4-25/h1-2,7,10H,3-6,8-9H2,(H,21,26). The van der Waals surface area contributed by atoms with Crippen LogP contribution in [0, 0.1) is 5.82 Å². The maximum absolute atomic E-state index is 13.2. The molecule has 1 aliphatic rings. The first-order valence-electron chi connectivity index (χ1n) is 8.88. The maximum atomic E-state index is 13.2. The first kappa shape index (κ1) is 20.3. The van der Waals surface area contributed by atoms with Crippen LogP contribution in [0.15, 0.2) is 29.6 Å². The van der Waals surface area contributed by atoms with Gasteiger partial charge < -0.3 is 15.0 Å². The number of halogens is 2. The Kier molecular flexibility index (Phi) is 6.43. The molecule has 0 unspecified atom stereocenters. The van der Waals surface area contributed by atoms with Crippen LogP contribution in [0.2, 0.25) is 5.02 Å². The number of carbonyl (C=O) groups is 1. The number of amides is 1. The number of nitrogens with one attached hydrogen (secondary N) is 1. The molecule has 0 aliphatic carbocycles. The summed E-state index contributed by atoms with van der Waals surface area (Å²) in [5.41, 5.74) is 1.37. The van der Waals surface area contributed by atoms with Crippen LogP contribution in [0.1, 0.15) is 5.56 Å². The van der Waals surface area contributed by atoms with Gasteiger partial charge >= 0.3 is 0 Å². The van der Waals surface area contributed by atoms with Gasteiger partial charge in [-0.2, -0.15) is 4.98 Å². The molecule has 0 atom stereocenters. The first-order chi connectivity index (χ1) is 14.1. The minimum Gasteiger partial charge on any atom is -0.378 e. The Balaban J connectivity index is 1.37. The molecule has 1 saturated heterocycles. The van der Waals surface area contributed by atoms with Crippen molar-refractivity contribution in [3.8, 4) is 0 Å². The lowest BCUT2D eigenvalue weighted by Gasteiger charge is -2.25. The van der Waals surface area contributed by atoms with E-state index in [2.05, 4.69) is 25.2 Å². The van der Waals surface area contributed by atoms with Crippen molar-refractivity contribution in [2.75, 3.05) is 37.0 Å². The molecule has 11 heteroatoms. The molecule has 0 saturated carbocycles. The second-order valence-corrected chi connectivity index (χ2v) is 8.59. The Labute approximate surface area is 179 Å². The van der Waals surface area contributed by atoms with Gasteiger partial charge in [0.05, 0.1) is 24.0 Å². The highest BCUT2D eigenvalue weighted by Crippen LogP contribution is 2.33. The van der Waals surface area contributed by atoms with Gasteiger partial charge in [0, 0.05) is 19.6 Å². The predicted octanol–water partition coefficient (Wildman–Crippen LogP) is 3.12. The van der Waals surface area contributed by atoms with Gasteiger partial charge in [0.15, 0.2) is 10.8 Å². The van der Waals surface area contributed by atoms with Crippen LogP contribution >= 0.6 is 34.7 Å². The molecule has 29 heavy (non-hydrogen) atoms. The highest BCUT2D eigenvalue weighted by Gasteiger charge is 2.18. The molecule has 152 valence electrons. The number of fused-ring (bicyclic) bond motifs is 1. The van der Waals surface area contributed by atoms with Crippen LogP contribution in [0.5, 0.6) is 0 Å². The fourth-order valence-electron chi connectivity index (χ4n) is 2.75. The third-order valence-electron chi connectivity index (χ3n) is 4.24. The predicted molar refractivity (Wildman–Crippen MR) is 112 cm³/mol. The Hall–Kier alpha value is -2.01. The summed E-state index contributed by atoms with van der Waals surface area (Å²) in [6, 6.07) is 4.38. The Bertz CT molecular complexity index is 1030. The van der Waals surface area contributed by atoms with E-state index in [9.17, 15) is 9.18 Å². The molecule has 1 amide bonds. The summed E-state index contributed by atoms with van der Waals surface area (Å²) < 4.78 is 19.5. The van der Waals surface area contributed by atoms with E-state index in [0.717, 1.165) is 33.5 Å². The van der Waals surface area contributed by atoms with Gasteiger partial charge in [-0.15, -0.1) is 0 Å². The number of morpholine rings is 1. The topological polar surface area (TPSA) is 80.2 Å². The van der Waals surface area contributed by atoms with Crippen molar-refractivity contribution in [2.45, 2.75) is 11.6 Å². The zero-order valence-electron chi connectivity index (χ0n) is 15.2. The van der Waals surface area contributed by atoms with E-state index in [-0.39, 0.29) is 23.2 Å². The molecule has 0 spiro atoms. The number of carbonyl (C=O) groups excluding carboxylic acids is 1. The van der Waals surface area contributed by atoms with Gasteiger partial charge in [-0.3, -0.25) is 4.79 Å². The molecule has 1 aromatic carbocycles. The highest BCUT2D eigenvalue weighted by atomic mass is 35.5. The number of anilines is 1. The van der Waals surface area contributed by atoms with E-state index >= 15 is 0 Å². The molecular weight excluding hydrogens is 437 g/mol. The molecule has 4 rings (SSSR count). The second kappa shape index (κ2) is 9.21. The van der Waals surface area contributed by atoms with E-state index in [0.29, 0.717) is 18.9 Å². The van der Waals surface area contributed by atoms with Crippen molar-refractivity contribution >= 4 is 56.1 Å². The molecule has 3 aromatic rings. The van der Waals surface area contributed by atoms with Crippen LogP contribution in [0.25, 0.3) is 10.3 Å². The van der Waals surface area contributed by atoms with Gasteiger partial charge in [0.2, 0.25) is 5.91 Å². The van der Waals surface area contributed by atoms with Gasteiger partial charge in [0.25, 0.3) is 0 Å². The van der Waals surface area contributed by atoms with E-state index < -0.39 is 5.82 Å². The van der Waals surface area contributed by atoms with Crippen molar-refractivity contribution in [3.05, 3.63) is 40.9 Å². The Morgan fingerprint density at radius 3 is 2.97 bits per heavy atom. The lowest BCUT2D eigenvalue weighted by Crippen LogP contribution is -2.36. The number of rotatable bonds is 6. The van der Waals surface area contributed by atoms with Crippen LogP contribution in [-0.2, 0) is 16.1 Å². The summed E-state index contributed by atoms with van der Waals surface area (Å²) in [7, 11) is 0. The lowest BCUT2D eigenvalue weighted by molar-refractivity contribution is -0.118. The Morgan fingerprint density at radius 1 is 1.34 bits per heavy atom. The summed E-state index contributed by atoms with van der Waals surface area (Å²) in [5, 5.41) is 4.46. The molecule has 0 radical (unpaired) electrons. The zero-order valence-corrected chi connectivity index (χ0v) is 17.6. The molecule has 3 heterocycles. The third-order valence-corrected chi connectivity index (χ3v) is 6.76. The summed E-state index contributed by atoms with van der Waals surface area (Å²) in [4.78, 5) is 27.5. The van der Waals surface area contributed by atoms with Crippen LogP contribution in [0.3, 0.4) is 0 Å². The smallest absolute Gasteiger partial charge is 0.230 e. The summed E-state index contributed by atoms with van der Waals surface area (Å²) >= 11 is 8.63. The first-order valence-corrected chi connectivity index (χ1v) is 11.1. The number of benzene rings is 1. The van der Waals surface area contributed by atoms with Crippen molar-refractivity contribution in [3.63, 3.8) is 0 Å². The van der Waals surface area contributed by atoms with Crippen LogP contribution in [-0.4, -0.2) is 52.9 Å². The van der Waals surface area contributed by atoms with E-state index in [1.165, 1.54) is 41.6 Å². The SMILES string of the molecule is O=C(CSc1ncnc2nc(N3CCOCC3)sc12)NCc1ccc(F)c(Cl)c1. The van der Waals surface area contributed by atoms with Gasteiger partial charge in [-0.05, 0) is 17.7 Å². The van der Waals surface area contributed by atoms with Gasteiger partial charge in [0.1, 0.15) is 21.9 Å². The van der Waals surface area contributed by atoms with E-state index in [4.69, 9.17) is 16.3 Å². The number of aromatic nitrogens is 3. The normalized spacial score (nSPS) is 14.3. The number of ether oxygens (including phenoxy) is 1. The minimum atomic E-state index is -0.480. The van der Waals surface area contributed by atoms with Crippen molar-refractivity contribution < 1.29 is 13.9 Å². The molecule has 1 N–H and O–H groups in total. The fraction of sp³-hybridized carbons (Fsp3) is 0.333. The number of hydrogen-bond acceptors (Lipinski definition) is 8. The summed E-state index contributed by atoms with van der Waals surface area (Å²) in [6.45, 7) is 3.24. The second-order valence-electron chi connectivity index (χ2n) is 6.24. The fourth-order valence-corrected chi connectivity index (χ4v) is 4.93.